The number of amides is 1. The Labute approximate surface area is 189 Å². The number of fused-ring (bicyclic) bond motifs is 1. The van der Waals surface area contributed by atoms with Crippen LogP contribution in [0.1, 0.15) is 31.4 Å². The van der Waals surface area contributed by atoms with Crippen molar-refractivity contribution in [3.05, 3.63) is 56.0 Å². The van der Waals surface area contributed by atoms with Crippen molar-refractivity contribution in [2.24, 2.45) is 7.05 Å². The lowest BCUT2D eigenvalue weighted by Crippen LogP contribution is -2.45. The van der Waals surface area contributed by atoms with Crippen molar-refractivity contribution in [3.8, 4) is 0 Å². The molecule has 1 aliphatic rings. The third-order valence-electron chi connectivity index (χ3n) is 5.87. The number of pyridine rings is 1. The van der Waals surface area contributed by atoms with Crippen molar-refractivity contribution >= 4 is 34.6 Å². The molecular weight excluding hydrogens is 434 g/mol. The van der Waals surface area contributed by atoms with Crippen molar-refractivity contribution in [2.75, 3.05) is 25.0 Å². The first-order chi connectivity index (χ1) is 15.3. The van der Waals surface area contributed by atoms with Gasteiger partial charge in [-0.3, -0.25) is 19.0 Å². The van der Waals surface area contributed by atoms with Gasteiger partial charge in [0.15, 0.2) is 5.65 Å². The summed E-state index contributed by atoms with van der Waals surface area (Å²) in [5.41, 5.74) is 0.653. The smallest absolute Gasteiger partial charge is 0.318 e. The van der Waals surface area contributed by atoms with E-state index in [0.29, 0.717) is 54.6 Å². The number of carbonyl (C=O) groups is 1. The molecule has 32 heavy (non-hydrogen) atoms. The fraction of sp³-hybridized carbons (Fsp3) is 0.429. The fourth-order valence-electron chi connectivity index (χ4n) is 3.95. The average Bonchev–Trinajstić information content (AvgIpc) is 2.79. The maximum atomic E-state index is 12.8. The lowest BCUT2D eigenvalue weighted by Gasteiger charge is -2.33. The van der Waals surface area contributed by atoms with E-state index in [4.69, 9.17) is 11.6 Å². The number of anilines is 1. The van der Waals surface area contributed by atoms with Gasteiger partial charge in [-0.05, 0) is 18.9 Å². The second kappa shape index (κ2) is 8.70. The van der Waals surface area contributed by atoms with Gasteiger partial charge in [-0.2, -0.15) is 0 Å². The number of halogens is 1. The fourth-order valence-corrected chi connectivity index (χ4v) is 4.10. The van der Waals surface area contributed by atoms with Crippen LogP contribution in [0, 0.1) is 0 Å². The van der Waals surface area contributed by atoms with Crippen LogP contribution in [0.5, 0.6) is 0 Å². The van der Waals surface area contributed by atoms with Crippen LogP contribution < -0.4 is 16.0 Å². The van der Waals surface area contributed by atoms with Gasteiger partial charge in [0.2, 0.25) is 11.9 Å². The Hall–Kier alpha value is -3.27. The molecule has 168 valence electrons. The second-order valence-electron chi connectivity index (χ2n) is 8.02. The van der Waals surface area contributed by atoms with Crippen molar-refractivity contribution in [2.45, 2.75) is 32.4 Å². The maximum Gasteiger partial charge on any atom is 0.318 e. The lowest BCUT2D eigenvalue weighted by molar-refractivity contribution is -0.128. The highest BCUT2D eigenvalue weighted by Gasteiger charge is 2.26. The number of nitrogens with zero attached hydrogens (tertiary/aromatic N) is 7. The van der Waals surface area contributed by atoms with Crippen LogP contribution in [0.3, 0.4) is 0 Å². The Morgan fingerprint density at radius 2 is 1.78 bits per heavy atom. The number of piperidine rings is 1. The van der Waals surface area contributed by atoms with E-state index in [9.17, 15) is 14.4 Å². The lowest BCUT2D eigenvalue weighted by atomic mass is 10.0. The van der Waals surface area contributed by atoms with Crippen LogP contribution in [-0.4, -0.2) is 55.0 Å². The number of hydrogen-bond donors (Lipinski definition) is 0. The number of hydrogen-bond acceptors (Lipinski definition) is 7. The molecule has 11 heteroatoms. The van der Waals surface area contributed by atoms with Crippen molar-refractivity contribution < 1.29 is 4.79 Å². The van der Waals surface area contributed by atoms with Gasteiger partial charge in [0.25, 0.3) is 0 Å². The maximum absolute atomic E-state index is 12.8. The van der Waals surface area contributed by atoms with E-state index in [1.54, 1.807) is 37.5 Å². The van der Waals surface area contributed by atoms with Crippen LogP contribution in [0.2, 0.25) is 5.02 Å². The Balaban J connectivity index is 1.53. The average molecular weight is 458 g/mol. The summed E-state index contributed by atoms with van der Waals surface area (Å²) in [5.74, 6) is 0.579. The molecule has 0 unspecified atom stereocenters. The molecule has 3 aromatic heterocycles. The normalized spacial score (nSPS) is 14.7. The molecule has 0 atom stereocenters. The van der Waals surface area contributed by atoms with Crippen LogP contribution in [0.4, 0.5) is 5.95 Å². The predicted octanol–water partition coefficient (Wildman–Crippen LogP) is 1.36. The van der Waals surface area contributed by atoms with Crippen molar-refractivity contribution in [1.29, 1.82) is 0 Å². The van der Waals surface area contributed by atoms with Crippen LogP contribution in [-0.2, 0) is 18.4 Å². The molecule has 4 heterocycles. The van der Waals surface area contributed by atoms with E-state index in [1.165, 1.54) is 22.3 Å². The summed E-state index contributed by atoms with van der Waals surface area (Å²) in [7, 11) is 3.28. The standard InChI is InChI=1S/C21H24ClN7O3/c1-13(30)26(2)12-14-9-24-21(25-10-14)28-6-4-16(5-7-28)29-18-17(8-15(22)11-23-18)27(3)19(31)20(29)32/h8-11,16H,4-7,12H2,1-3H3. The predicted molar refractivity (Wildman–Crippen MR) is 121 cm³/mol. The van der Waals surface area contributed by atoms with Gasteiger partial charge in [0, 0.05) is 70.8 Å². The topological polar surface area (TPSA) is 106 Å². The molecule has 0 bridgehead atoms. The molecule has 1 amide bonds. The van der Waals surface area contributed by atoms with E-state index in [2.05, 4.69) is 15.0 Å². The molecule has 1 fully saturated rings. The molecule has 0 spiro atoms. The Bertz CT molecular complexity index is 1280. The number of carbonyl (C=O) groups excluding carboxylic acids is 1. The van der Waals surface area contributed by atoms with E-state index in [1.807, 2.05) is 4.90 Å². The summed E-state index contributed by atoms with van der Waals surface area (Å²) in [6.07, 6.45) is 6.22. The molecule has 1 aliphatic heterocycles. The quantitative estimate of drug-likeness (QED) is 0.544. The third-order valence-corrected chi connectivity index (χ3v) is 6.08. The first-order valence-corrected chi connectivity index (χ1v) is 10.7. The summed E-state index contributed by atoms with van der Waals surface area (Å²) in [6, 6.07) is 1.49. The van der Waals surface area contributed by atoms with Gasteiger partial charge in [-0.15, -0.1) is 0 Å². The first kappa shape index (κ1) is 21.9. The molecule has 0 radical (unpaired) electrons. The molecular formula is C21H24ClN7O3. The minimum absolute atomic E-state index is 0.0218. The SMILES string of the molecule is CC(=O)N(C)Cc1cnc(N2CCC(n3c(=O)c(=O)n(C)c4cc(Cl)cnc43)CC2)nc1. The molecule has 0 aromatic carbocycles. The minimum Gasteiger partial charge on any atom is -0.342 e. The van der Waals surface area contributed by atoms with E-state index in [-0.39, 0.29) is 11.9 Å². The van der Waals surface area contributed by atoms with E-state index in [0.717, 1.165) is 5.56 Å². The molecule has 0 N–H and O–H groups in total. The highest BCUT2D eigenvalue weighted by atomic mass is 35.5. The molecule has 3 aromatic rings. The summed E-state index contributed by atoms with van der Waals surface area (Å²) in [4.78, 5) is 53.6. The monoisotopic (exact) mass is 457 g/mol. The summed E-state index contributed by atoms with van der Waals surface area (Å²) in [6.45, 7) is 3.23. The third kappa shape index (κ3) is 4.10. The number of aryl methyl sites for hydroxylation is 1. The zero-order valence-corrected chi connectivity index (χ0v) is 18.9. The zero-order valence-electron chi connectivity index (χ0n) is 18.2. The van der Waals surface area contributed by atoms with Gasteiger partial charge in [-0.25, -0.2) is 15.0 Å². The first-order valence-electron chi connectivity index (χ1n) is 10.3. The Morgan fingerprint density at radius 3 is 2.41 bits per heavy atom. The molecule has 0 saturated carbocycles. The molecule has 4 rings (SSSR count). The highest BCUT2D eigenvalue weighted by Crippen LogP contribution is 2.26. The van der Waals surface area contributed by atoms with Gasteiger partial charge >= 0.3 is 11.1 Å². The second-order valence-corrected chi connectivity index (χ2v) is 8.46. The van der Waals surface area contributed by atoms with Crippen LogP contribution in [0.15, 0.2) is 34.2 Å². The van der Waals surface area contributed by atoms with Gasteiger partial charge in [0.05, 0.1) is 10.5 Å². The number of aromatic nitrogens is 5. The highest BCUT2D eigenvalue weighted by molar-refractivity contribution is 6.31. The van der Waals surface area contributed by atoms with Gasteiger partial charge < -0.3 is 14.4 Å². The molecule has 10 nitrogen and oxygen atoms in total. The summed E-state index contributed by atoms with van der Waals surface area (Å²) < 4.78 is 2.80. The Morgan fingerprint density at radius 1 is 1.12 bits per heavy atom. The van der Waals surface area contributed by atoms with Gasteiger partial charge in [0.1, 0.15) is 0 Å². The number of rotatable bonds is 4. The van der Waals surface area contributed by atoms with Gasteiger partial charge in [-0.1, -0.05) is 11.6 Å². The Kier molecular flexibility index (Phi) is 5.96. The molecule has 0 aliphatic carbocycles. The van der Waals surface area contributed by atoms with E-state index < -0.39 is 11.1 Å². The minimum atomic E-state index is -0.599. The van der Waals surface area contributed by atoms with Crippen molar-refractivity contribution in [3.63, 3.8) is 0 Å². The summed E-state index contributed by atoms with van der Waals surface area (Å²) >= 11 is 6.06. The zero-order chi connectivity index (χ0) is 23.0. The summed E-state index contributed by atoms with van der Waals surface area (Å²) in [5, 5.41) is 0.405. The van der Waals surface area contributed by atoms with Crippen LogP contribution in [0.25, 0.3) is 11.2 Å². The van der Waals surface area contributed by atoms with Crippen LogP contribution >= 0.6 is 11.6 Å². The molecule has 1 saturated heterocycles. The van der Waals surface area contributed by atoms with Crippen molar-refractivity contribution in [1.82, 2.24) is 29.0 Å². The van der Waals surface area contributed by atoms with E-state index >= 15 is 0 Å². The largest absolute Gasteiger partial charge is 0.342 e.